The van der Waals surface area contributed by atoms with Crippen molar-refractivity contribution in [1.82, 2.24) is 4.31 Å². The average molecular weight is 334 g/mol. The molecule has 0 amide bonds. The minimum absolute atomic E-state index is 0.304. The monoisotopic (exact) mass is 333 g/mol. The Morgan fingerprint density at radius 1 is 1.13 bits per heavy atom. The third-order valence-electron chi connectivity index (χ3n) is 3.98. The number of hydrogen-bond acceptors (Lipinski definition) is 3. The van der Waals surface area contributed by atoms with E-state index in [2.05, 4.69) is 61.5 Å². The molecule has 1 saturated carbocycles. The van der Waals surface area contributed by atoms with Crippen LogP contribution in [0.1, 0.15) is 52.0 Å². The SMILES string of the molecule is CC(C)C.SN(Cc1ccccc1)C(C1CC1)C1CCC=CO1. The number of rotatable bonds is 5. The second kappa shape index (κ2) is 9.39. The van der Waals surface area contributed by atoms with Gasteiger partial charge in [0.1, 0.15) is 6.10 Å². The molecule has 3 heteroatoms. The van der Waals surface area contributed by atoms with E-state index in [1.807, 2.05) is 6.26 Å². The summed E-state index contributed by atoms with van der Waals surface area (Å²) in [5, 5.41) is 0. The second-order valence-electron chi connectivity index (χ2n) is 7.27. The lowest BCUT2D eigenvalue weighted by molar-refractivity contribution is 0.0491. The number of benzene rings is 1. The molecule has 0 saturated heterocycles. The Morgan fingerprint density at radius 3 is 2.30 bits per heavy atom. The van der Waals surface area contributed by atoms with Gasteiger partial charge in [-0.3, -0.25) is 0 Å². The summed E-state index contributed by atoms with van der Waals surface area (Å²) in [7, 11) is 0. The predicted octanol–water partition coefficient (Wildman–Crippen LogP) is 5.47. The van der Waals surface area contributed by atoms with E-state index in [1.54, 1.807) is 0 Å². The normalized spacial score (nSPS) is 21.6. The van der Waals surface area contributed by atoms with E-state index < -0.39 is 0 Å². The molecule has 0 spiro atoms. The van der Waals surface area contributed by atoms with E-state index in [1.165, 1.54) is 18.4 Å². The number of allylic oxidation sites excluding steroid dienone is 1. The number of nitrogens with zero attached hydrogens (tertiary/aromatic N) is 1. The lowest BCUT2D eigenvalue weighted by Gasteiger charge is -2.34. The van der Waals surface area contributed by atoms with Gasteiger partial charge in [0, 0.05) is 6.54 Å². The van der Waals surface area contributed by atoms with Crippen LogP contribution < -0.4 is 0 Å². The number of hydrogen-bond donors (Lipinski definition) is 1. The first kappa shape index (κ1) is 18.4. The Balaban J connectivity index is 0.000000433. The van der Waals surface area contributed by atoms with Crippen LogP contribution >= 0.6 is 12.8 Å². The first-order chi connectivity index (χ1) is 11.1. The molecule has 1 aliphatic heterocycles. The van der Waals surface area contributed by atoms with Crippen LogP contribution in [0.15, 0.2) is 42.7 Å². The molecule has 0 bridgehead atoms. The van der Waals surface area contributed by atoms with Gasteiger partial charge < -0.3 is 4.74 Å². The summed E-state index contributed by atoms with van der Waals surface area (Å²) < 4.78 is 8.02. The summed E-state index contributed by atoms with van der Waals surface area (Å²) in [5.41, 5.74) is 1.31. The Kier molecular flexibility index (Phi) is 7.51. The fourth-order valence-corrected chi connectivity index (χ4v) is 3.36. The van der Waals surface area contributed by atoms with Gasteiger partial charge in [-0.15, -0.1) is 0 Å². The lowest BCUT2D eigenvalue weighted by atomic mass is 9.99. The summed E-state index contributed by atoms with van der Waals surface area (Å²) in [4.78, 5) is 0. The van der Waals surface area contributed by atoms with Gasteiger partial charge in [-0.1, -0.05) is 63.9 Å². The summed E-state index contributed by atoms with van der Waals surface area (Å²) in [5.74, 6) is 1.60. The van der Waals surface area contributed by atoms with Crippen molar-refractivity contribution in [3.05, 3.63) is 48.2 Å². The molecule has 1 aromatic carbocycles. The highest BCUT2D eigenvalue weighted by molar-refractivity contribution is 7.77. The molecule has 0 radical (unpaired) electrons. The minimum Gasteiger partial charge on any atom is -0.497 e. The molecule has 2 atom stereocenters. The standard InChI is InChI=1S/C16H21NOS.C4H10/c19-17(12-13-6-2-1-3-7-13)16(14-9-10-14)15-8-4-5-11-18-15;1-4(2)3/h1-3,5-7,11,14-16,19H,4,8-10,12H2;4H,1-3H3. The Morgan fingerprint density at radius 2 is 1.78 bits per heavy atom. The van der Waals surface area contributed by atoms with Gasteiger partial charge in [0.15, 0.2) is 0 Å². The fraction of sp³-hybridized carbons (Fsp3) is 0.600. The molecule has 128 valence electrons. The Bertz CT molecular complexity index is 467. The number of thiol groups is 1. The van der Waals surface area contributed by atoms with E-state index in [4.69, 9.17) is 17.6 Å². The largest absolute Gasteiger partial charge is 0.497 e. The smallest absolute Gasteiger partial charge is 0.115 e. The minimum atomic E-state index is 0.304. The Labute approximate surface area is 147 Å². The van der Waals surface area contributed by atoms with Crippen LogP contribution in [0.25, 0.3) is 0 Å². The first-order valence-corrected chi connectivity index (χ1v) is 9.28. The quantitative estimate of drug-likeness (QED) is 0.718. The average Bonchev–Trinajstić information content (AvgIpc) is 3.34. The van der Waals surface area contributed by atoms with E-state index in [9.17, 15) is 0 Å². The second-order valence-corrected chi connectivity index (χ2v) is 7.78. The van der Waals surface area contributed by atoms with Gasteiger partial charge in [0.25, 0.3) is 0 Å². The van der Waals surface area contributed by atoms with Gasteiger partial charge in [-0.05, 0) is 49.2 Å². The summed E-state index contributed by atoms with van der Waals surface area (Å²) in [6, 6.07) is 11.0. The molecular weight excluding hydrogens is 302 g/mol. The maximum atomic E-state index is 5.83. The van der Waals surface area contributed by atoms with Crippen molar-refractivity contribution in [3.63, 3.8) is 0 Å². The molecule has 2 unspecified atom stereocenters. The fourth-order valence-electron chi connectivity index (χ4n) is 2.86. The van der Waals surface area contributed by atoms with E-state index in [-0.39, 0.29) is 0 Å². The van der Waals surface area contributed by atoms with Crippen LogP contribution in [0.3, 0.4) is 0 Å². The van der Waals surface area contributed by atoms with Crippen LogP contribution in [0.4, 0.5) is 0 Å². The third kappa shape index (κ3) is 6.60. The van der Waals surface area contributed by atoms with Crippen molar-refractivity contribution in [2.75, 3.05) is 0 Å². The molecule has 2 nitrogen and oxygen atoms in total. The Hall–Kier alpha value is -0.930. The highest BCUT2D eigenvalue weighted by Crippen LogP contribution is 2.40. The van der Waals surface area contributed by atoms with Gasteiger partial charge in [0.2, 0.25) is 0 Å². The molecule has 0 aromatic heterocycles. The zero-order valence-corrected chi connectivity index (χ0v) is 15.6. The first-order valence-electron chi connectivity index (χ1n) is 8.88. The van der Waals surface area contributed by atoms with E-state index >= 15 is 0 Å². The summed E-state index contributed by atoms with van der Waals surface area (Å²) >= 11 is 4.76. The third-order valence-corrected chi connectivity index (χ3v) is 4.39. The van der Waals surface area contributed by atoms with Gasteiger partial charge in [-0.25, -0.2) is 4.31 Å². The van der Waals surface area contributed by atoms with Gasteiger partial charge in [-0.2, -0.15) is 0 Å². The molecular formula is C20H31NOS. The predicted molar refractivity (Wildman–Crippen MR) is 101 cm³/mol. The van der Waals surface area contributed by atoms with E-state index in [0.29, 0.717) is 12.1 Å². The maximum Gasteiger partial charge on any atom is 0.115 e. The maximum absolute atomic E-state index is 5.83. The molecule has 3 rings (SSSR count). The van der Waals surface area contributed by atoms with Crippen molar-refractivity contribution >= 4 is 12.8 Å². The molecule has 0 N–H and O–H groups in total. The lowest BCUT2D eigenvalue weighted by Crippen LogP contribution is -2.41. The van der Waals surface area contributed by atoms with Crippen molar-refractivity contribution in [1.29, 1.82) is 0 Å². The van der Waals surface area contributed by atoms with Crippen molar-refractivity contribution in [2.24, 2.45) is 11.8 Å². The molecule has 2 aliphatic rings. The van der Waals surface area contributed by atoms with Crippen LogP contribution in [0.5, 0.6) is 0 Å². The highest BCUT2D eigenvalue weighted by atomic mass is 32.1. The van der Waals surface area contributed by atoms with Crippen molar-refractivity contribution in [2.45, 2.75) is 65.1 Å². The van der Waals surface area contributed by atoms with Crippen molar-refractivity contribution < 1.29 is 4.74 Å². The van der Waals surface area contributed by atoms with Gasteiger partial charge in [0.05, 0.1) is 12.3 Å². The van der Waals surface area contributed by atoms with Crippen LogP contribution in [-0.4, -0.2) is 16.5 Å². The van der Waals surface area contributed by atoms with Gasteiger partial charge >= 0.3 is 0 Å². The zero-order chi connectivity index (χ0) is 16.7. The molecule has 1 aliphatic carbocycles. The van der Waals surface area contributed by atoms with Crippen LogP contribution in [-0.2, 0) is 11.3 Å². The highest BCUT2D eigenvalue weighted by Gasteiger charge is 2.40. The topological polar surface area (TPSA) is 12.5 Å². The summed E-state index contributed by atoms with van der Waals surface area (Å²) in [6.07, 6.45) is 9.16. The summed E-state index contributed by atoms with van der Waals surface area (Å²) in [6.45, 7) is 7.38. The molecule has 1 aromatic rings. The number of ether oxygens (including phenoxy) is 1. The van der Waals surface area contributed by atoms with Crippen LogP contribution in [0.2, 0.25) is 0 Å². The zero-order valence-electron chi connectivity index (χ0n) is 14.7. The molecule has 1 heterocycles. The molecule has 23 heavy (non-hydrogen) atoms. The molecule has 1 fully saturated rings. The van der Waals surface area contributed by atoms with Crippen molar-refractivity contribution in [3.8, 4) is 0 Å². The van der Waals surface area contributed by atoms with E-state index in [0.717, 1.165) is 31.2 Å². The van der Waals surface area contributed by atoms with Crippen LogP contribution in [0, 0.1) is 11.8 Å².